The SMILES string of the molecule is C[C@@]12CCCC[C@]1(CC(F)(F)F)N=C(C(=O)N1CCCC1)c1ccccc12. The molecular formula is C21H25F3N2O. The summed E-state index contributed by atoms with van der Waals surface area (Å²) in [5.41, 5.74) is -0.187. The summed E-state index contributed by atoms with van der Waals surface area (Å²) in [6.07, 6.45) is -0.795. The molecule has 1 aromatic carbocycles. The van der Waals surface area contributed by atoms with E-state index in [0.29, 0.717) is 32.4 Å². The van der Waals surface area contributed by atoms with Crippen molar-refractivity contribution in [3.63, 3.8) is 0 Å². The number of nitrogens with zero attached hydrogens (tertiary/aromatic N) is 2. The van der Waals surface area contributed by atoms with E-state index in [1.807, 2.05) is 31.2 Å². The first kappa shape index (κ1) is 18.5. The normalized spacial score (nSPS) is 30.5. The number of amides is 1. The zero-order valence-corrected chi connectivity index (χ0v) is 15.6. The van der Waals surface area contributed by atoms with E-state index in [4.69, 9.17) is 0 Å². The lowest BCUT2D eigenvalue weighted by Crippen LogP contribution is -2.57. The van der Waals surface area contributed by atoms with Crippen molar-refractivity contribution in [1.29, 1.82) is 0 Å². The molecule has 3 aliphatic rings. The van der Waals surface area contributed by atoms with E-state index in [1.54, 1.807) is 4.90 Å². The third-order valence-corrected chi connectivity index (χ3v) is 6.74. The molecule has 0 spiro atoms. The monoisotopic (exact) mass is 378 g/mol. The number of rotatable bonds is 2. The highest BCUT2D eigenvalue weighted by Crippen LogP contribution is 2.56. The predicted molar refractivity (Wildman–Crippen MR) is 98.0 cm³/mol. The molecule has 2 fully saturated rings. The second-order valence-electron chi connectivity index (χ2n) is 8.37. The van der Waals surface area contributed by atoms with Gasteiger partial charge >= 0.3 is 6.18 Å². The van der Waals surface area contributed by atoms with Gasteiger partial charge in [-0.2, -0.15) is 13.2 Å². The number of alkyl halides is 3. The van der Waals surface area contributed by atoms with Crippen molar-refractivity contribution in [1.82, 2.24) is 4.90 Å². The second-order valence-corrected chi connectivity index (χ2v) is 8.37. The Morgan fingerprint density at radius 1 is 1.11 bits per heavy atom. The quantitative estimate of drug-likeness (QED) is 0.738. The van der Waals surface area contributed by atoms with E-state index in [1.165, 1.54) is 0 Å². The Kier molecular flexibility index (Phi) is 4.35. The Hall–Kier alpha value is -1.85. The van der Waals surface area contributed by atoms with Crippen LogP contribution in [0.1, 0.15) is 63.0 Å². The summed E-state index contributed by atoms with van der Waals surface area (Å²) in [7, 11) is 0. The highest BCUT2D eigenvalue weighted by atomic mass is 19.4. The molecule has 1 saturated carbocycles. The summed E-state index contributed by atoms with van der Waals surface area (Å²) in [5, 5.41) is 0. The van der Waals surface area contributed by atoms with Gasteiger partial charge in [0.2, 0.25) is 0 Å². The average Bonchev–Trinajstić information content (AvgIpc) is 3.15. The molecule has 2 atom stereocenters. The number of hydrogen-bond acceptors (Lipinski definition) is 2. The first-order valence-corrected chi connectivity index (χ1v) is 9.82. The zero-order valence-electron chi connectivity index (χ0n) is 15.6. The van der Waals surface area contributed by atoms with Crippen LogP contribution in [0.25, 0.3) is 0 Å². The van der Waals surface area contributed by atoms with Gasteiger partial charge < -0.3 is 4.90 Å². The molecular weight excluding hydrogens is 353 g/mol. The minimum absolute atomic E-state index is 0.214. The minimum Gasteiger partial charge on any atom is -0.337 e. The molecule has 0 N–H and O–H groups in total. The van der Waals surface area contributed by atoms with Crippen molar-refractivity contribution in [3.05, 3.63) is 35.4 Å². The Morgan fingerprint density at radius 3 is 2.48 bits per heavy atom. The smallest absolute Gasteiger partial charge is 0.337 e. The molecule has 146 valence electrons. The standard InChI is InChI=1S/C21H25F3N2O/c1-19-10-4-5-11-20(19,14-21(22,23)24)25-17(15-8-2-3-9-16(15)19)18(27)26-12-6-7-13-26/h2-3,8-9H,4-7,10-14H2,1H3/t19-,20+/m0/s1. The molecule has 1 aliphatic carbocycles. The molecule has 2 heterocycles. The summed E-state index contributed by atoms with van der Waals surface area (Å²) in [6.45, 7) is 3.23. The lowest BCUT2D eigenvalue weighted by atomic mass is 9.55. The van der Waals surface area contributed by atoms with Gasteiger partial charge in [0.05, 0.1) is 12.0 Å². The van der Waals surface area contributed by atoms with Gasteiger partial charge in [0.15, 0.2) is 0 Å². The van der Waals surface area contributed by atoms with Crippen molar-refractivity contribution in [3.8, 4) is 0 Å². The largest absolute Gasteiger partial charge is 0.391 e. The van der Waals surface area contributed by atoms with Gasteiger partial charge in [0.25, 0.3) is 5.91 Å². The van der Waals surface area contributed by atoms with Gasteiger partial charge in [-0.25, -0.2) is 0 Å². The molecule has 2 aliphatic heterocycles. The minimum atomic E-state index is -4.32. The number of hydrogen-bond donors (Lipinski definition) is 0. The van der Waals surface area contributed by atoms with Crippen LogP contribution in [0.3, 0.4) is 0 Å². The van der Waals surface area contributed by atoms with Crippen molar-refractivity contribution in [2.45, 2.75) is 69.0 Å². The number of fused-ring (bicyclic) bond motifs is 3. The average molecular weight is 378 g/mol. The van der Waals surface area contributed by atoms with E-state index in [-0.39, 0.29) is 11.6 Å². The first-order valence-electron chi connectivity index (χ1n) is 9.82. The van der Waals surface area contributed by atoms with E-state index >= 15 is 0 Å². The van der Waals surface area contributed by atoms with Crippen molar-refractivity contribution in [2.75, 3.05) is 13.1 Å². The molecule has 0 unspecified atom stereocenters. The third-order valence-electron chi connectivity index (χ3n) is 6.74. The number of carbonyl (C=O) groups is 1. The fourth-order valence-corrected chi connectivity index (χ4v) is 5.30. The molecule has 0 radical (unpaired) electrons. The molecule has 27 heavy (non-hydrogen) atoms. The number of likely N-dealkylation sites (tertiary alicyclic amines) is 1. The highest BCUT2D eigenvalue weighted by Gasteiger charge is 2.58. The lowest BCUT2D eigenvalue weighted by Gasteiger charge is -2.53. The predicted octanol–water partition coefficient (Wildman–Crippen LogP) is 4.63. The maximum Gasteiger partial charge on any atom is 0.391 e. The van der Waals surface area contributed by atoms with Crippen LogP contribution in [-0.4, -0.2) is 41.3 Å². The van der Waals surface area contributed by atoms with Gasteiger partial charge in [0.1, 0.15) is 5.71 Å². The third kappa shape index (κ3) is 2.97. The summed E-state index contributed by atoms with van der Waals surface area (Å²) >= 11 is 0. The van der Waals surface area contributed by atoms with E-state index < -0.39 is 23.6 Å². The lowest BCUT2D eigenvalue weighted by molar-refractivity contribution is -0.156. The number of carbonyl (C=O) groups excluding carboxylic acids is 1. The Morgan fingerprint density at radius 2 is 1.78 bits per heavy atom. The summed E-state index contributed by atoms with van der Waals surface area (Å²) < 4.78 is 40.8. The summed E-state index contributed by atoms with van der Waals surface area (Å²) in [4.78, 5) is 19.6. The van der Waals surface area contributed by atoms with Crippen LogP contribution >= 0.6 is 0 Å². The van der Waals surface area contributed by atoms with Crippen LogP contribution in [0.4, 0.5) is 13.2 Å². The maximum absolute atomic E-state index is 13.6. The van der Waals surface area contributed by atoms with Gasteiger partial charge in [-0.05, 0) is 31.2 Å². The van der Waals surface area contributed by atoms with Crippen molar-refractivity contribution in [2.24, 2.45) is 4.99 Å². The number of benzene rings is 1. The van der Waals surface area contributed by atoms with Gasteiger partial charge in [0, 0.05) is 24.1 Å². The summed E-state index contributed by atoms with van der Waals surface area (Å²) in [6, 6.07) is 7.45. The fraction of sp³-hybridized carbons (Fsp3) is 0.619. The molecule has 1 aromatic rings. The van der Waals surface area contributed by atoms with Crippen LogP contribution < -0.4 is 0 Å². The Balaban J connectivity index is 1.89. The number of halogens is 3. The van der Waals surface area contributed by atoms with Crippen LogP contribution in [0.15, 0.2) is 29.3 Å². The molecule has 4 rings (SSSR count). The van der Waals surface area contributed by atoms with Crippen LogP contribution in [0.5, 0.6) is 0 Å². The van der Waals surface area contributed by atoms with Crippen LogP contribution in [0, 0.1) is 0 Å². The Bertz CT molecular complexity index is 782. The van der Waals surface area contributed by atoms with E-state index in [0.717, 1.165) is 30.4 Å². The van der Waals surface area contributed by atoms with Gasteiger partial charge in [-0.3, -0.25) is 9.79 Å². The molecule has 1 saturated heterocycles. The van der Waals surface area contributed by atoms with Gasteiger partial charge in [-0.1, -0.05) is 44.0 Å². The second kappa shape index (κ2) is 6.35. The van der Waals surface area contributed by atoms with E-state index in [2.05, 4.69) is 4.99 Å². The van der Waals surface area contributed by atoms with Crippen molar-refractivity contribution < 1.29 is 18.0 Å². The van der Waals surface area contributed by atoms with Crippen LogP contribution in [0.2, 0.25) is 0 Å². The molecule has 0 aromatic heterocycles. The fourth-order valence-electron chi connectivity index (χ4n) is 5.30. The molecule has 0 bridgehead atoms. The molecule has 1 amide bonds. The van der Waals surface area contributed by atoms with Crippen LogP contribution in [-0.2, 0) is 10.2 Å². The summed E-state index contributed by atoms with van der Waals surface area (Å²) in [5.74, 6) is -0.214. The number of aliphatic imine (C=N–C) groups is 1. The Labute approximate surface area is 157 Å². The van der Waals surface area contributed by atoms with Gasteiger partial charge in [-0.15, -0.1) is 0 Å². The molecule has 6 heteroatoms. The maximum atomic E-state index is 13.6. The first-order chi connectivity index (χ1) is 12.8. The van der Waals surface area contributed by atoms with E-state index in [9.17, 15) is 18.0 Å². The molecule has 3 nitrogen and oxygen atoms in total. The highest BCUT2D eigenvalue weighted by molar-refractivity contribution is 6.46. The zero-order chi connectivity index (χ0) is 19.3. The topological polar surface area (TPSA) is 32.7 Å². The van der Waals surface area contributed by atoms with Crippen molar-refractivity contribution >= 4 is 11.6 Å².